The van der Waals surface area contributed by atoms with Gasteiger partial charge in [-0.25, -0.2) is 13.9 Å². The maximum absolute atomic E-state index is 13.7. The van der Waals surface area contributed by atoms with Crippen LogP contribution in [0, 0.1) is 12.7 Å². The molecule has 8 heteroatoms. The lowest BCUT2D eigenvalue weighted by Gasteiger charge is -2.21. The normalized spacial score (nSPS) is 17.1. The Labute approximate surface area is 196 Å². The molecule has 0 fully saturated rings. The summed E-state index contributed by atoms with van der Waals surface area (Å²) in [5, 5.41) is 5.26. The van der Waals surface area contributed by atoms with Crippen LogP contribution in [0.5, 0.6) is 0 Å². The molecule has 6 nitrogen and oxygen atoms in total. The summed E-state index contributed by atoms with van der Waals surface area (Å²) in [6, 6.07) is 3.25. The van der Waals surface area contributed by atoms with Crippen LogP contribution in [0.3, 0.4) is 0 Å². The summed E-state index contributed by atoms with van der Waals surface area (Å²) in [6.45, 7) is 6.19. The molecule has 0 bridgehead atoms. The molecule has 1 unspecified atom stereocenters. The summed E-state index contributed by atoms with van der Waals surface area (Å²) in [6.07, 6.45) is 9.69. The molecular weight excluding hydrogens is 439 g/mol. The van der Waals surface area contributed by atoms with Crippen LogP contribution < -0.4 is 5.73 Å². The molecule has 0 spiro atoms. The number of H-pyrrole nitrogens is 1. The minimum absolute atomic E-state index is 0.0125. The second kappa shape index (κ2) is 8.39. The van der Waals surface area contributed by atoms with Gasteiger partial charge in [0.05, 0.1) is 17.6 Å². The van der Waals surface area contributed by atoms with Crippen molar-refractivity contribution in [2.75, 3.05) is 0 Å². The first kappa shape index (κ1) is 21.8. The summed E-state index contributed by atoms with van der Waals surface area (Å²) in [5.41, 5.74) is 14.9. The van der Waals surface area contributed by atoms with E-state index < -0.39 is 5.82 Å². The zero-order valence-electron chi connectivity index (χ0n) is 18.9. The minimum Gasteiger partial charge on any atom is -0.358 e. The fourth-order valence-corrected chi connectivity index (χ4v) is 5.14. The van der Waals surface area contributed by atoms with Crippen molar-refractivity contribution in [3.63, 3.8) is 0 Å². The SMILES string of the molecule is C/C=C\c1[nH]c2c(c1C(C)c1nn3c(Cl)cc(-c4cncc(F)c4)nc3c1C)C[C@H](N)CC2. The molecule has 4 heterocycles. The highest BCUT2D eigenvalue weighted by atomic mass is 35.5. The molecule has 3 N–H and O–H groups in total. The van der Waals surface area contributed by atoms with E-state index in [0.717, 1.165) is 36.2 Å². The Balaban J connectivity index is 1.65. The summed E-state index contributed by atoms with van der Waals surface area (Å²) in [5.74, 6) is -0.407. The molecule has 1 aliphatic rings. The maximum atomic E-state index is 13.7. The summed E-state index contributed by atoms with van der Waals surface area (Å²) in [7, 11) is 0. The van der Waals surface area contributed by atoms with Crippen LogP contribution in [0.15, 0.2) is 30.6 Å². The molecule has 4 aromatic heterocycles. The standard InChI is InChI=1S/C25H26ClFN6/c1-4-5-20-23(18-9-17(28)6-7-19(18)30-20)13(2)24-14(3)25-31-21(10-22(26)33(25)32-24)15-8-16(27)12-29-11-15/h4-5,8,10-13,17,30H,6-7,9,28H2,1-3H3/b5-4-/t13?,17-/m1/s1. The minimum atomic E-state index is -0.420. The molecule has 0 saturated carbocycles. The molecule has 1 aliphatic carbocycles. The van der Waals surface area contributed by atoms with Crippen molar-refractivity contribution >= 4 is 23.3 Å². The van der Waals surface area contributed by atoms with Crippen LogP contribution in [0.2, 0.25) is 5.15 Å². The van der Waals surface area contributed by atoms with Crippen molar-refractivity contribution in [1.82, 2.24) is 24.6 Å². The molecule has 0 radical (unpaired) electrons. The molecular formula is C25H26ClFN6. The van der Waals surface area contributed by atoms with Crippen LogP contribution in [-0.4, -0.2) is 30.6 Å². The van der Waals surface area contributed by atoms with Crippen LogP contribution in [0.4, 0.5) is 4.39 Å². The number of nitrogens with one attached hydrogen (secondary N) is 1. The number of aryl methyl sites for hydroxylation is 2. The molecule has 0 saturated heterocycles. The number of nitrogens with two attached hydrogens (primary N) is 1. The average molecular weight is 465 g/mol. The summed E-state index contributed by atoms with van der Waals surface area (Å²) >= 11 is 6.59. The van der Waals surface area contributed by atoms with E-state index in [9.17, 15) is 4.39 Å². The Kier molecular flexibility index (Phi) is 5.54. The largest absolute Gasteiger partial charge is 0.358 e. The van der Waals surface area contributed by atoms with Crippen molar-refractivity contribution in [3.05, 3.63) is 75.3 Å². The van der Waals surface area contributed by atoms with Crippen molar-refractivity contribution in [2.24, 2.45) is 5.73 Å². The third-order valence-corrected chi connectivity index (χ3v) is 6.76. The third-order valence-electron chi connectivity index (χ3n) is 6.49. The van der Waals surface area contributed by atoms with Gasteiger partial charge in [0.2, 0.25) is 0 Å². The fraction of sp³-hybridized carbons (Fsp3) is 0.320. The molecule has 170 valence electrons. The van der Waals surface area contributed by atoms with Crippen LogP contribution in [0.25, 0.3) is 23.0 Å². The second-order valence-corrected chi connectivity index (χ2v) is 9.12. The van der Waals surface area contributed by atoms with Gasteiger partial charge >= 0.3 is 0 Å². The first-order chi connectivity index (χ1) is 15.9. The van der Waals surface area contributed by atoms with Crippen molar-refractivity contribution < 1.29 is 4.39 Å². The van der Waals surface area contributed by atoms with E-state index in [1.165, 1.54) is 29.1 Å². The van der Waals surface area contributed by atoms with Crippen molar-refractivity contribution in [1.29, 1.82) is 0 Å². The Morgan fingerprint density at radius 3 is 2.91 bits per heavy atom. The van der Waals surface area contributed by atoms with Crippen molar-refractivity contribution in [2.45, 2.75) is 52.0 Å². The topological polar surface area (TPSA) is 84.9 Å². The van der Waals surface area contributed by atoms with Gasteiger partial charge in [-0.15, -0.1) is 0 Å². The van der Waals surface area contributed by atoms with E-state index in [1.54, 1.807) is 16.8 Å². The number of fused-ring (bicyclic) bond motifs is 2. The van der Waals surface area contributed by atoms with Crippen molar-refractivity contribution in [3.8, 4) is 11.3 Å². The van der Waals surface area contributed by atoms with Gasteiger partial charge in [-0.1, -0.05) is 24.6 Å². The van der Waals surface area contributed by atoms with Gasteiger partial charge in [-0.3, -0.25) is 4.98 Å². The van der Waals surface area contributed by atoms with Gasteiger partial charge in [-0.05, 0) is 56.4 Å². The molecule has 0 amide bonds. The zero-order chi connectivity index (χ0) is 23.3. The average Bonchev–Trinajstić information content (AvgIpc) is 3.31. The predicted octanol–water partition coefficient (Wildman–Crippen LogP) is 5.22. The highest BCUT2D eigenvalue weighted by molar-refractivity contribution is 6.30. The Hall–Kier alpha value is -3.03. The van der Waals surface area contributed by atoms with Gasteiger partial charge < -0.3 is 10.7 Å². The number of aromatic amines is 1. The molecule has 0 aromatic carbocycles. The molecule has 2 atom stereocenters. The van der Waals surface area contributed by atoms with Gasteiger partial charge in [0.1, 0.15) is 11.0 Å². The first-order valence-electron chi connectivity index (χ1n) is 11.2. The monoisotopic (exact) mass is 464 g/mol. The van der Waals surface area contributed by atoms with Gasteiger partial charge in [0.15, 0.2) is 5.65 Å². The van der Waals surface area contributed by atoms with E-state index >= 15 is 0 Å². The van der Waals surface area contributed by atoms with Gasteiger partial charge in [0.25, 0.3) is 0 Å². The van der Waals surface area contributed by atoms with E-state index in [0.29, 0.717) is 22.1 Å². The molecule has 4 aromatic rings. The smallest absolute Gasteiger partial charge is 0.160 e. The van der Waals surface area contributed by atoms with E-state index in [1.807, 2.05) is 19.9 Å². The lowest BCUT2D eigenvalue weighted by molar-refractivity contribution is 0.568. The summed E-state index contributed by atoms with van der Waals surface area (Å²) in [4.78, 5) is 12.3. The highest BCUT2D eigenvalue weighted by Crippen LogP contribution is 2.38. The molecule has 0 aliphatic heterocycles. The number of pyridine rings is 1. The lowest BCUT2D eigenvalue weighted by atomic mass is 9.85. The Morgan fingerprint density at radius 2 is 2.15 bits per heavy atom. The lowest BCUT2D eigenvalue weighted by Crippen LogP contribution is -2.28. The Morgan fingerprint density at radius 1 is 1.33 bits per heavy atom. The highest BCUT2D eigenvalue weighted by Gasteiger charge is 2.29. The predicted molar refractivity (Wildman–Crippen MR) is 129 cm³/mol. The second-order valence-electron chi connectivity index (χ2n) is 8.74. The number of rotatable bonds is 4. The number of hydrogen-bond donors (Lipinski definition) is 2. The van der Waals surface area contributed by atoms with Crippen LogP contribution in [0.1, 0.15) is 60.0 Å². The number of allylic oxidation sites excluding steroid dienone is 1. The number of nitrogens with zero attached hydrogens (tertiary/aromatic N) is 4. The quantitative estimate of drug-likeness (QED) is 0.405. The Bertz CT molecular complexity index is 1390. The number of halogens is 2. The molecule has 33 heavy (non-hydrogen) atoms. The molecule has 5 rings (SSSR count). The third kappa shape index (κ3) is 3.75. The van der Waals surface area contributed by atoms with E-state index in [4.69, 9.17) is 27.4 Å². The van der Waals surface area contributed by atoms with E-state index in [-0.39, 0.29) is 12.0 Å². The zero-order valence-corrected chi connectivity index (χ0v) is 19.6. The fourth-order valence-electron chi connectivity index (χ4n) is 4.92. The van der Waals surface area contributed by atoms with Crippen LogP contribution in [-0.2, 0) is 12.8 Å². The first-order valence-corrected chi connectivity index (χ1v) is 11.5. The number of hydrogen-bond acceptors (Lipinski definition) is 4. The van der Waals surface area contributed by atoms with Gasteiger partial charge in [0, 0.05) is 46.7 Å². The maximum Gasteiger partial charge on any atom is 0.160 e. The summed E-state index contributed by atoms with van der Waals surface area (Å²) < 4.78 is 15.4. The van der Waals surface area contributed by atoms with E-state index in [2.05, 4.69) is 23.0 Å². The van der Waals surface area contributed by atoms with Gasteiger partial charge in [-0.2, -0.15) is 5.10 Å². The number of aromatic nitrogens is 5. The van der Waals surface area contributed by atoms with Crippen LogP contribution >= 0.6 is 11.6 Å².